The second-order valence-electron chi connectivity index (χ2n) is 6.62. The van der Waals surface area contributed by atoms with E-state index in [4.69, 9.17) is 10.5 Å². The van der Waals surface area contributed by atoms with E-state index in [1.54, 1.807) is 6.20 Å². The third-order valence-corrected chi connectivity index (χ3v) is 4.55. The molecule has 0 aliphatic heterocycles. The van der Waals surface area contributed by atoms with Crippen LogP contribution in [0.1, 0.15) is 42.0 Å². The van der Waals surface area contributed by atoms with Crippen LogP contribution in [0.2, 0.25) is 0 Å². The van der Waals surface area contributed by atoms with Crippen molar-refractivity contribution in [2.75, 3.05) is 17.6 Å². The number of rotatable bonds is 9. The predicted octanol–water partition coefficient (Wildman–Crippen LogP) is 4.08. The minimum atomic E-state index is 0.239. The van der Waals surface area contributed by atoms with Crippen LogP contribution >= 0.6 is 0 Å². The van der Waals surface area contributed by atoms with Crippen LogP contribution in [0.5, 0.6) is 5.75 Å². The van der Waals surface area contributed by atoms with E-state index >= 15 is 0 Å². The molecule has 0 atom stereocenters. The number of nitrogens with zero attached hydrogens (tertiary/aromatic N) is 2. The average Bonchev–Trinajstić information content (AvgIpc) is 3.10. The molecule has 0 radical (unpaired) electrons. The molecule has 6 heteroatoms. The second-order valence-corrected chi connectivity index (χ2v) is 6.62. The van der Waals surface area contributed by atoms with Gasteiger partial charge in [-0.05, 0) is 36.5 Å². The molecule has 27 heavy (non-hydrogen) atoms. The molecule has 2 heterocycles. The standard InChI is InChI=1S/C21H27N5O/c1-3-4-9-24-20-19(13-25-21(22)26-20)27-14-18-12-23-11-17(18)10-16-8-6-5-7-15(16)2/h5-8,11-13,23H,3-4,9-10,14H2,1-2H3,(H3,22,24,25,26). The Morgan fingerprint density at radius 3 is 2.78 bits per heavy atom. The minimum Gasteiger partial charge on any atom is -0.483 e. The van der Waals surface area contributed by atoms with Gasteiger partial charge >= 0.3 is 0 Å². The van der Waals surface area contributed by atoms with Gasteiger partial charge in [0.15, 0.2) is 11.6 Å². The lowest BCUT2D eigenvalue weighted by atomic mass is 10.0. The Hall–Kier alpha value is -3.02. The summed E-state index contributed by atoms with van der Waals surface area (Å²) in [5.74, 6) is 1.50. The summed E-state index contributed by atoms with van der Waals surface area (Å²) in [5.41, 5.74) is 10.7. The number of unbranched alkanes of at least 4 members (excludes halogenated alkanes) is 1. The Morgan fingerprint density at radius 1 is 1.15 bits per heavy atom. The zero-order valence-electron chi connectivity index (χ0n) is 16.0. The molecule has 1 aromatic carbocycles. The first-order chi connectivity index (χ1) is 13.2. The number of anilines is 2. The first-order valence-electron chi connectivity index (χ1n) is 9.35. The van der Waals surface area contributed by atoms with Crippen molar-refractivity contribution in [2.24, 2.45) is 0 Å². The van der Waals surface area contributed by atoms with Crippen molar-refractivity contribution in [3.05, 3.63) is 65.1 Å². The van der Waals surface area contributed by atoms with Gasteiger partial charge in [0.1, 0.15) is 6.61 Å². The van der Waals surface area contributed by atoms with Crippen LogP contribution in [0.25, 0.3) is 0 Å². The maximum absolute atomic E-state index is 6.01. The van der Waals surface area contributed by atoms with E-state index in [0.717, 1.165) is 31.4 Å². The molecule has 3 aromatic rings. The lowest BCUT2D eigenvalue weighted by Crippen LogP contribution is -2.09. The molecule has 4 N–H and O–H groups in total. The number of ether oxygens (including phenoxy) is 1. The summed E-state index contributed by atoms with van der Waals surface area (Å²) in [6, 6.07) is 8.44. The lowest BCUT2D eigenvalue weighted by molar-refractivity contribution is 0.304. The molecule has 0 aliphatic carbocycles. The highest BCUT2D eigenvalue weighted by molar-refractivity contribution is 5.51. The fourth-order valence-corrected chi connectivity index (χ4v) is 2.90. The van der Waals surface area contributed by atoms with E-state index in [2.05, 4.69) is 58.4 Å². The summed E-state index contributed by atoms with van der Waals surface area (Å²) in [6.07, 6.45) is 8.68. The smallest absolute Gasteiger partial charge is 0.222 e. The molecule has 0 unspecified atom stereocenters. The number of nitrogen functional groups attached to an aromatic ring is 1. The van der Waals surface area contributed by atoms with Gasteiger partial charge in [-0.2, -0.15) is 4.98 Å². The minimum absolute atomic E-state index is 0.239. The van der Waals surface area contributed by atoms with Crippen molar-refractivity contribution in [2.45, 2.75) is 39.7 Å². The number of hydrogen-bond donors (Lipinski definition) is 3. The number of aromatic nitrogens is 3. The number of benzene rings is 1. The molecule has 6 nitrogen and oxygen atoms in total. The number of aryl methyl sites for hydroxylation is 1. The van der Waals surface area contributed by atoms with Gasteiger partial charge < -0.3 is 20.8 Å². The van der Waals surface area contributed by atoms with E-state index in [9.17, 15) is 0 Å². The average molecular weight is 365 g/mol. The Bertz CT molecular complexity index is 875. The van der Waals surface area contributed by atoms with Crippen molar-refractivity contribution in [1.29, 1.82) is 0 Å². The van der Waals surface area contributed by atoms with Gasteiger partial charge in [0.2, 0.25) is 5.95 Å². The summed E-state index contributed by atoms with van der Waals surface area (Å²) in [6.45, 7) is 5.56. The number of nitrogens with one attached hydrogen (secondary N) is 2. The van der Waals surface area contributed by atoms with Gasteiger partial charge in [-0.15, -0.1) is 0 Å². The second kappa shape index (κ2) is 9.07. The molecule has 0 fully saturated rings. The van der Waals surface area contributed by atoms with Crippen molar-refractivity contribution < 1.29 is 4.74 Å². The molecule has 0 spiro atoms. The van der Waals surface area contributed by atoms with Gasteiger partial charge in [-0.25, -0.2) is 4.98 Å². The van der Waals surface area contributed by atoms with Crippen molar-refractivity contribution in [3.8, 4) is 5.75 Å². The van der Waals surface area contributed by atoms with Crippen LogP contribution < -0.4 is 15.8 Å². The van der Waals surface area contributed by atoms with Crippen LogP contribution in [-0.2, 0) is 13.0 Å². The highest BCUT2D eigenvalue weighted by Gasteiger charge is 2.11. The molecule has 142 valence electrons. The van der Waals surface area contributed by atoms with E-state index in [1.165, 1.54) is 16.7 Å². The largest absolute Gasteiger partial charge is 0.483 e. The van der Waals surface area contributed by atoms with Crippen LogP contribution in [0, 0.1) is 6.92 Å². The van der Waals surface area contributed by atoms with Gasteiger partial charge in [-0.1, -0.05) is 37.6 Å². The number of hydrogen-bond acceptors (Lipinski definition) is 5. The summed E-state index contributed by atoms with van der Waals surface area (Å²) in [7, 11) is 0. The van der Waals surface area contributed by atoms with Crippen LogP contribution in [0.3, 0.4) is 0 Å². The predicted molar refractivity (Wildman–Crippen MR) is 109 cm³/mol. The third kappa shape index (κ3) is 5.00. The molecule has 0 saturated heterocycles. The summed E-state index contributed by atoms with van der Waals surface area (Å²) in [4.78, 5) is 11.5. The van der Waals surface area contributed by atoms with Crippen LogP contribution in [0.4, 0.5) is 11.8 Å². The third-order valence-electron chi connectivity index (χ3n) is 4.55. The fraction of sp³-hybridized carbons (Fsp3) is 0.333. The maximum Gasteiger partial charge on any atom is 0.222 e. The van der Waals surface area contributed by atoms with Crippen molar-refractivity contribution >= 4 is 11.8 Å². The molecule has 0 amide bonds. The molecule has 0 saturated carbocycles. The number of aromatic amines is 1. The molecular formula is C21H27N5O. The van der Waals surface area contributed by atoms with E-state index in [-0.39, 0.29) is 5.95 Å². The quantitative estimate of drug-likeness (QED) is 0.497. The summed E-state index contributed by atoms with van der Waals surface area (Å²) in [5, 5.41) is 3.28. The van der Waals surface area contributed by atoms with Crippen molar-refractivity contribution in [3.63, 3.8) is 0 Å². The van der Waals surface area contributed by atoms with Crippen molar-refractivity contribution in [1.82, 2.24) is 15.0 Å². The molecule has 3 rings (SSSR count). The van der Waals surface area contributed by atoms with Crippen LogP contribution in [0.15, 0.2) is 42.9 Å². The van der Waals surface area contributed by atoms with E-state index < -0.39 is 0 Å². The van der Waals surface area contributed by atoms with Gasteiger partial charge in [-0.3, -0.25) is 0 Å². The highest BCUT2D eigenvalue weighted by atomic mass is 16.5. The molecule has 0 aliphatic rings. The zero-order chi connectivity index (χ0) is 19.1. The molecule has 2 aromatic heterocycles. The van der Waals surface area contributed by atoms with Gasteiger partial charge in [0, 0.05) is 24.5 Å². The summed E-state index contributed by atoms with van der Waals surface area (Å²) >= 11 is 0. The SMILES string of the molecule is CCCCNc1nc(N)ncc1OCc1c[nH]cc1Cc1ccccc1C. The normalized spacial score (nSPS) is 10.7. The van der Waals surface area contributed by atoms with E-state index in [1.807, 2.05) is 12.4 Å². The molecule has 0 bridgehead atoms. The first kappa shape index (κ1) is 18.8. The Kier molecular flexibility index (Phi) is 6.30. The first-order valence-corrected chi connectivity index (χ1v) is 9.35. The lowest BCUT2D eigenvalue weighted by Gasteiger charge is -2.13. The Balaban J connectivity index is 1.69. The van der Waals surface area contributed by atoms with Crippen LogP contribution in [-0.4, -0.2) is 21.5 Å². The monoisotopic (exact) mass is 365 g/mol. The summed E-state index contributed by atoms with van der Waals surface area (Å²) < 4.78 is 6.01. The topological polar surface area (TPSA) is 88.8 Å². The van der Waals surface area contributed by atoms with E-state index in [0.29, 0.717) is 18.2 Å². The molecular weight excluding hydrogens is 338 g/mol. The van der Waals surface area contributed by atoms with Gasteiger partial charge in [0.25, 0.3) is 0 Å². The zero-order valence-corrected chi connectivity index (χ0v) is 16.0. The Morgan fingerprint density at radius 2 is 1.96 bits per heavy atom. The number of H-pyrrole nitrogens is 1. The highest BCUT2D eigenvalue weighted by Crippen LogP contribution is 2.24. The number of nitrogens with two attached hydrogens (primary N) is 1. The fourth-order valence-electron chi connectivity index (χ4n) is 2.90. The Labute approximate surface area is 160 Å². The maximum atomic E-state index is 6.01. The van der Waals surface area contributed by atoms with Gasteiger partial charge in [0.05, 0.1) is 6.20 Å².